The molecule has 3 amide bonds. The summed E-state index contributed by atoms with van der Waals surface area (Å²) in [6.07, 6.45) is 60.9. The Kier molecular flexibility index (Phi) is 40.3. The van der Waals surface area contributed by atoms with E-state index in [1.54, 1.807) is 31.4 Å². The van der Waals surface area contributed by atoms with Crippen molar-refractivity contribution in [2.45, 2.75) is 328 Å². The van der Waals surface area contributed by atoms with Crippen molar-refractivity contribution in [3.8, 4) is 0 Å². The smallest absolute Gasteiger partial charge is 0.243 e. The van der Waals surface area contributed by atoms with Crippen LogP contribution in [-0.2, 0) is 47.5 Å². The van der Waals surface area contributed by atoms with E-state index >= 15 is 0 Å². The molecule has 0 spiro atoms. The number of hydrogen-bond acceptors (Lipinski definition) is 14. The number of hydrogen-bond donors (Lipinski definition) is 7. The van der Waals surface area contributed by atoms with E-state index < -0.39 is 24.4 Å². The van der Waals surface area contributed by atoms with E-state index in [0.29, 0.717) is 100 Å². The number of nitrogens with one attached hydrogen (secondary N) is 3. The lowest BCUT2D eigenvalue weighted by atomic mass is 9.90. The second kappa shape index (κ2) is 48.2. The highest BCUT2D eigenvalue weighted by molar-refractivity contribution is 5.88. The first-order valence-corrected chi connectivity index (χ1v) is 42.4. The Morgan fingerprint density at radius 3 is 1.21 bits per heavy atom. The zero-order valence-corrected chi connectivity index (χ0v) is 67.9. The summed E-state index contributed by atoms with van der Waals surface area (Å²) in [7, 11) is 1.68. The van der Waals surface area contributed by atoms with Crippen LogP contribution < -0.4 is 16.0 Å². The molecular weight excluding hydrogens is 1430 g/mol. The van der Waals surface area contributed by atoms with Crippen LogP contribution in [0.4, 0.5) is 0 Å². The van der Waals surface area contributed by atoms with Crippen molar-refractivity contribution >= 4 is 17.7 Å². The van der Waals surface area contributed by atoms with Crippen molar-refractivity contribution in [1.29, 1.82) is 0 Å². The van der Waals surface area contributed by atoms with Gasteiger partial charge in [-0.25, -0.2) is 0 Å². The van der Waals surface area contributed by atoms with Crippen molar-refractivity contribution < 1.29 is 68.0 Å². The minimum absolute atomic E-state index is 0. The van der Waals surface area contributed by atoms with Crippen LogP contribution in [0.15, 0.2) is 181 Å². The quantitative estimate of drug-likeness (QED) is 0.101. The molecule has 114 heavy (non-hydrogen) atoms. The molecule has 17 nitrogen and oxygen atoms in total. The number of amides is 3. The van der Waals surface area contributed by atoms with Crippen LogP contribution in [0.2, 0.25) is 0 Å². The summed E-state index contributed by atoms with van der Waals surface area (Å²) in [6, 6.07) is -0.598. The molecule has 3 unspecified atom stereocenters. The topological polar surface area (TPSA) is 233 Å². The Hall–Kier alpha value is -5.93. The SMILES string of the molecule is C.C.C.C=C1C[C@H](C)C[C@@H]2CC=C[C@@H](C/C=C\C(=O)N[C@H](C/C=C/[C@@H]3CC(C)=CCO3)C[C@@H]3CC3[C@@H](O)C1)O2.C=C1C[C@H](C)C[C@@H]2CC=C[C@@H](C/C=C\C(=O)N[C@H]([C@@H](O)/C=C/[C@@H]3CC(C)=CCO3)C[C@@H]3CC3[C@@H](O)C1)O2.C=C1C[C@H](C)C[C@@H]2CC=C[C@@H](C/C=C\C(=O)N[C@H]([C@H](/C=C/[C@@H]3CC(C)=CCO3)OC)C[C@@H]3CC3[C@@H](O)C1)O2. The molecule has 9 heterocycles. The van der Waals surface area contributed by atoms with Gasteiger partial charge in [0.25, 0.3) is 0 Å². The number of ether oxygens (including phenoxy) is 7. The second-order valence-corrected chi connectivity index (χ2v) is 35.1. The third kappa shape index (κ3) is 33.1. The number of carbonyl (C=O) groups excluding carboxylic acids is 3. The maximum atomic E-state index is 13.0. The third-order valence-corrected chi connectivity index (χ3v) is 24.5. The molecule has 26 atom stereocenters. The largest absolute Gasteiger partial charge is 0.392 e. The van der Waals surface area contributed by atoms with Crippen LogP contribution in [0.1, 0.15) is 224 Å². The molecule has 6 bridgehead atoms. The summed E-state index contributed by atoms with van der Waals surface area (Å²) in [5.74, 6) is 2.74. The molecular formula is C97H149N3O14. The van der Waals surface area contributed by atoms with Crippen LogP contribution in [-0.4, -0.2) is 169 Å². The van der Waals surface area contributed by atoms with E-state index in [2.05, 4.69) is 150 Å². The monoisotopic (exact) mass is 1580 g/mol. The summed E-state index contributed by atoms with van der Waals surface area (Å²) in [6.45, 7) is 27.8. The van der Waals surface area contributed by atoms with Crippen LogP contribution in [0, 0.1) is 53.3 Å². The summed E-state index contributed by atoms with van der Waals surface area (Å²) in [5.41, 5.74) is 7.29. The van der Waals surface area contributed by atoms with E-state index in [1.807, 2.05) is 30.4 Å². The number of methoxy groups -OCH3 is 1. The van der Waals surface area contributed by atoms with Gasteiger partial charge in [0.1, 0.15) is 0 Å². The molecule has 0 radical (unpaired) electrons. The van der Waals surface area contributed by atoms with Gasteiger partial charge in [0.2, 0.25) is 17.7 Å². The molecule has 3 saturated carbocycles. The molecule has 0 aromatic carbocycles. The number of fused-ring (bicyclic) bond motifs is 9. The Bertz CT molecular complexity index is 3440. The fourth-order valence-corrected chi connectivity index (χ4v) is 18.3. The predicted octanol–water partition coefficient (Wildman–Crippen LogP) is 17.2. The highest BCUT2D eigenvalue weighted by atomic mass is 16.5. The van der Waals surface area contributed by atoms with Gasteiger partial charge in [-0.15, -0.1) is 0 Å². The van der Waals surface area contributed by atoms with Gasteiger partial charge < -0.3 is 69.5 Å². The number of aliphatic hydroxyl groups excluding tert-OH is 4. The van der Waals surface area contributed by atoms with Crippen molar-refractivity contribution in [3.63, 3.8) is 0 Å². The first-order valence-electron chi connectivity index (χ1n) is 42.4. The zero-order chi connectivity index (χ0) is 78.9. The number of rotatable bonds is 10. The van der Waals surface area contributed by atoms with Gasteiger partial charge in [0.05, 0.1) is 117 Å². The Balaban J connectivity index is 0.000000234. The lowest BCUT2D eigenvalue weighted by Crippen LogP contribution is -2.43. The van der Waals surface area contributed by atoms with Gasteiger partial charge in [-0.2, -0.15) is 0 Å². The summed E-state index contributed by atoms with van der Waals surface area (Å²) >= 11 is 0. The number of carbonyl (C=O) groups is 3. The van der Waals surface area contributed by atoms with Gasteiger partial charge in [-0.3, -0.25) is 14.4 Å². The molecule has 9 aliphatic heterocycles. The summed E-state index contributed by atoms with van der Waals surface area (Å²) in [5, 5.41) is 53.2. The first kappa shape index (κ1) is 95.2. The molecule has 7 N–H and O–H groups in total. The van der Waals surface area contributed by atoms with Crippen LogP contribution in [0.3, 0.4) is 0 Å². The maximum absolute atomic E-state index is 13.0. The third-order valence-electron chi connectivity index (χ3n) is 24.5. The molecule has 17 heteroatoms. The van der Waals surface area contributed by atoms with E-state index in [9.17, 15) is 34.8 Å². The van der Waals surface area contributed by atoms with E-state index in [1.165, 1.54) is 16.7 Å². The van der Waals surface area contributed by atoms with Gasteiger partial charge >= 0.3 is 0 Å². The lowest BCUT2D eigenvalue weighted by Gasteiger charge is -2.28. The van der Waals surface area contributed by atoms with Gasteiger partial charge in [-0.05, 0) is 253 Å². The van der Waals surface area contributed by atoms with E-state index in [4.69, 9.17) is 33.2 Å². The van der Waals surface area contributed by atoms with E-state index in [-0.39, 0.29) is 137 Å². The normalized spacial score (nSPS) is 38.3. The Labute approximate surface area is 686 Å². The minimum Gasteiger partial charge on any atom is -0.392 e. The molecule has 0 saturated heterocycles. The lowest BCUT2D eigenvalue weighted by molar-refractivity contribution is -0.118. The Morgan fingerprint density at radius 2 is 0.816 bits per heavy atom. The van der Waals surface area contributed by atoms with Gasteiger partial charge in [-0.1, -0.05) is 206 Å². The summed E-state index contributed by atoms with van der Waals surface area (Å²) in [4.78, 5) is 38.5. The fourth-order valence-electron chi connectivity index (χ4n) is 18.3. The molecule has 0 aromatic rings. The van der Waals surface area contributed by atoms with Crippen molar-refractivity contribution in [3.05, 3.63) is 181 Å². The van der Waals surface area contributed by atoms with E-state index in [0.717, 1.165) is 132 Å². The zero-order valence-electron chi connectivity index (χ0n) is 67.9. The van der Waals surface area contributed by atoms with Crippen molar-refractivity contribution in [2.75, 3.05) is 26.9 Å². The molecule has 3 fully saturated rings. The van der Waals surface area contributed by atoms with Gasteiger partial charge in [0.15, 0.2) is 0 Å². The average molecular weight is 1580 g/mol. The Morgan fingerprint density at radius 1 is 0.456 bits per heavy atom. The van der Waals surface area contributed by atoms with Crippen molar-refractivity contribution in [2.24, 2.45) is 53.3 Å². The molecule has 3 aliphatic carbocycles. The van der Waals surface area contributed by atoms with Gasteiger partial charge in [0, 0.05) is 13.2 Å². The molecule has 636 valence electrons. The van der Waals surface area contributed by atoms with Crippen LogP contribution in [0.25, 0.3) is 0 Å². The standard InChI is InChI=1S/C32H47NO5.C31H45NO5.C31H45NO4.3CH4/c1-21-13-14-37-26(16-21)11-12-31(36-4)29-20-24-19-28(24)30(34)18-23(3)15-22(2)17-27-9-5-7-25(38-27)8-6-10-32(35)33-29;1-20-12-13-36-25(15-20)10-11-29(33)28-19-23-18-27(23)30(34)17-22(3)14-21(2)16-26-8-4-6-24(37-26)7-5-9-31(35)32-28;1-21-13-14-35-27(16-21)10-4-7-25-19-24-20-29(24)30(33)18-23(3)15-22(2)17-28-11-5-8-26(36-28)9-6-12-31(34)32-25;;;/h5-7,10-13,22,24-31,34H,3,8-9,14-20H2,1-2,4H3,(H,33,35);4-6,9-12,21,23-30,33-34H,3,7-8,13-19H2,1-2H3,(H,32,35);4-6,8,10,12-13,22,24-30,33H,3,7,9,11,14-20H2,1-2H3,(H,32,34);3*1H4/b10-6-,12-11+;9-5-,11-10+;10-4+,12-6-;;;/t22-,24-,25-,26+,27-,28?,29-,30-,31-;21-,23-,24-,25+,26-,27?,28-,29-,30-;22-,24+,25+,26-,27+,28-,29?,30-;;;/m000.../s1. The minimum atomic E-state index is -0.836. The highest BCUT2D eigenvalue weighted by Gasteiger charge is 2.47. The molecule has 12 rings (SSSR count). The predicted molar refractivity (Wildman–Crippen MR) is 461 cm³/mol. The summed E-state index contributed by atoms with van der Waals surface area (Å²) < 4.78 is 42.1. The maximum Gasteiger partial charge on any atom is 0.243 e. The van der Waals surface area contributed by atoms with Crippen LogP contribution in [0.5, 0.6) is 0 Å². The highest BCUT2D eigenvalue weighted by Crippen LogP contribution is 2.49. The van der Waals surface area contributed by atoms with Crippen molar-refractivity contribution in [1.82, 2.24) is 16.0 Å². The average Bonchev–Trinajstić information content (AvgIpc) is 1.67. The first-order chi connectivity index (χ1) is 53.4. The number of aliphatic hydroxyl groups is 4. The van der Waals surface area contributed by atoms with Crippen LogP contribution >= 0.6 is 0 Å². The second-order valence-electron chi connectivity index (χ2n) is 35.1. The molecule has 12 aliphatic rings. The fraction of sp³-hybridized carbons (Fsp3) is 0.660. The molecule has 0 aromatic heterocycles.